The monoisotopic (exact) mass is 407 g/mol. The molecular formula is C20H23ClFN3O3. The summed E-state index contributed by atoms with van der Waals surface area (Å²) >= 11 is 6.12. The summed E-state index contributed by atoms with van der Waals surface area (Å²) in [5.41, 5.74) is 4.92. The zero-order chi connectivity index (χ0) is 21.1. The average molecular weight is 408 g/mol. The lowest BCUT2D eigenvalue weighted by molar-refractivity contribution is -0.138. The van der Waals surface area contributed by atoms with E-state index >= 15 is 4.39 Å². The van der Waals surface area contributed by atoms with Gasteiger partial charge in [-0.2, -0.15) is 0 Å². The molecular weight excluding hydrogens is 385 g/mol. The lowest BCUT2D eigenvalue weighted by Crippen LogP contribution is -2.43. The van der Waals surface area contributed by atoms with Crippen molar-refractivity contribution in [1.82, 2.24) is 10.3 Å². The van der Waals surface area contributed by atoms with E-state index in [1.54, 1.807) is 13.8 Å². The molecule has 0 aliphatic carbocycles. The number of carboxylic acids is 1. The molecule has 28 heavy (non-hydrogen) atoms. The second kappa shape index (κ2) is 8.67. The maximum absolute atomic E-state index is 15.3. The molecule has 2 aromatic rings. The second-order valence-corrected chi connectivity index (χ2v) is 7.59. The van der Waals surface area contributed by atoms with Crippen LogP contribution in [0.5, 0.6) is 0 Å². The van der Waals surface area contributed by atoms with Crippen LogP contribution in [0.25, 0.3) is 0 Å². The maximum atomic E-state index is 15.3. The van der Waals surface area contributed by atoms with Gasteiger partial charge in [0.05, 0.1) is 17.0 Å². The van der Waals surface area contributed by atoms with Gasteiger partial charge in [0, 0.05) is 28.9 Å². The Morgan fingerprint density at radius 1 is 1.32 bits per heavy atom. The number of nitrogens with zero attached hydrogens (tertiary/aromatic N) is 1. The molecule has 0 fully saturated rings. The quantitative estimate of drug-likeness (QED) is 0.571. The zero-order valence-electron chi connectivity index (χ0n) is 15.9. The number of halogens is 2. The molecule has 0 bridgehead atoms. The molecule has 6 nitrogen and oxygen atoms in total. The molecule has 0 amide bonds. The number of nitrogens with two attached hydrogens (primary N) is 1. The summed E-state index contributed by atoms with van der Waals surface area (Å²) in [5.74, 6) is -2.06. The van der Waals surface area contributed by atoms with E-state index in [0.717, 1.165) is 0 Å². The van der Waals surface area contributed by atoms with E-state index in [9.17, 15) is 9.59 Å². The van der Waals surface area contributed by atoms with Gasteiger partial charge >= 0.3 is 5.97 Å². The Kier molecular flexibility index (Phi) is 6.74. The van der Waals surface area contributed by atoms with Crippen LogP contribution in [0.15, 0.2) is 30.5 Å². The molecule has 8 heteroatoms. The Bertz CT molecular complexity index is 885. The number of hydrogen-bond acceptors (Lipinski definition) is 5. The molecule has 0 aliphatic heterocycles. The van der Waals surface area contributed by atoms with Crippen LogP contribution in [0.2, 0.25) is 5.02 Å². The first-order valence-electron chi connectivity index (χ1n) is 8.79. The molecule has 1 aromatic heterocycles. The highest BCUT2D eigenvalue weighted by molar-refractivity contribution is 6.35. The molecule has 0 radical (unpaired) electrons. The van der Waals surface area contributed by atoms with Gasteiger partial charge in [-0.1, -0.05) is 24.6 Å². The van der Waals surface area contributed by atoms with Crippen molar-refractivity contribution in [3.05, 3.63) is 58.0 Å². The first kappa shape index (κ1) is 21.8. The summed E-state index contributed by atoms with van der Waals surface area (Å²) in [4.78, 5) is 27.7. The minimum atomic E-state index is -0.962. The van der Waals surface area contributed by atoms with Gasteiger partial charge in [-0.3, -0.25) is 9.59 Å². The van der Waals surface area contributed by atoms with E-state index in [2.05, 4.69) is 10.3 Å². The van der Waals surface area contributed by atoms with Crippen LogP contribution >= 0.6 is 11.6 Å². The number of carbonyl (C=O) groups excluding carboxylic acids is 1. The van der Waals surface area contributed by atoms with Crippen molar-refractivity contribution < 1.29 is 19.1 Å². The van der Waals surface area contributed by atoms with Gasteiger partial charge in [0.25, 0.3) is 0 Å². The number of anilines is 1. The third-order valence-electron chi connectivity index (χ3n) is 4.34. The third kappa shape index (κ3) is 5.05. The van der Waals surface area contributed by atoms with Crippen molar-refractivity contribution in [3.63, 3.8) is 0 Å². The Hall–Kier alpha value is -2.51. The summed E-state index contributed by atoms with van der Waals surface area (Å²) in [7, 11) is 0. The summed E-state index contributed by atoms with van der Waals surface area (Å²) < 4.78 is 15.3. The Labute approximate surface area is 167 Å². The van der Waals surface area contributed by atoms with Crippen molar-refractivity contribution in [2.45, 2.75) is 45.2 Å². The van der Waals surface area contributed by atoms with Crippen LogP contribution in [-0.4, -0.2) is 27.4 Å². The van der Waals surface area contributed by atoms with Crippen LogP contribution in [-0.2, 0) is 4.79 Å². The lowest BCUT2D eigenvalue weighted by atomic mass is 9.93. The average Bonchev–Trinajstić information content (AvgIpc) is 2.59. The number of pyridine rings is 1. The van der Waals surface area contributed by atoms with Crippen LogP contribution < -0.4 is 11.1 Å². The molecule has 0 aliphatic rings. The van der Waals surface area contributed by atoms with Crippen molar-refractivity contribution in [2.24, 2.45) is 0 Å². The lowest BCUT2D eigenvalue weighted by Gasteiger charge is -2.31. The third-order valence-corrected chi connectivity index (χ3v) is 4.65. The Morgan fingerprint density at radius 3 is 2.54 bits per heavy atom. The molecule has 1 unspecified atom stereocenters. The number of benzene rings is 1. The molecule has 1 atom stereocenters. The normalized spacial score (nSPS) is 12.6. The van der Waals surface area contributed by atoms with Crippen molar-refractivity contribution in [2.75, 3.05) is 5.73 Å². The van der Waals surface area contributed by atoms with Gasteiger partial charge in [-0.25, -0.2) is 9.37 Å². The fraction of sp³-hybridized carbons (Fsp3) is 0.350. The number of rotatable bonds is 8. The summed E-state index contributed by atoms with van der Waals surface area (Å²) in [6.45, 7) is 5.29. The summed E-state index contributed by atoms with van der Waals surface area (Å²) in [6, 6.07) is 5.38. The van der Waals surface area contributed by atoms with E-state index in [0.29, 0.717) is 6.42 Å². The predicted molar refractivity (Wildman–Crippen MR) is 106 cm³/mol. The molecule has 0 saturated carbocycles. The van der Waals surface area contributed by atoms with Gasteiger partial charge in [0.1, 0.15) is 11.6 Å². The molecule has 4 N–H and O–H groups in total. The van der Waals surface area contributed by atoms with Crippen molar-refractivity contribution in [3.8, 4) is 0 Å². The topological polar surface area (TPSA) is 105 Å². The van der Waals surface area contributed by atoms with E-state index < -0.39 is 29.2 Å². The van der Waals surface area contributed by atoms with Crippen LogP contribution in [0.1, 0.15) is 61.1 Å². The van der Waals surface area contributed by atoms with E-state index in [4.69, 9.17) is 22.4 Å². The number of carboxylic acid groups (broad SMARTS) is 1. The summed E-state index contributed by atoms with van der Waals surface area (Å²) in [6.07, 6.45) is 1.62. The Morgan fingerprint density at radius 2 is 2.00 bits per heavy atom. The van der Waals surface area contributed by atoms with Gasteiger partial charge in [-0.05, 0) is 38.5 Å². The molecule has 2 rings (SSSR count). The van der Waals surface area contributed by atoms with E-state index in [-0.39, 0.29) is 34.0 Å². The van der Waals surface area contributed by atoms with Gasteiger partial charge in [0.2, 0.25) is 0 Å². The van der Waals surface area contributed by atoms with Gasteiger partial charge < -0.3 is 16.2 Å². The highest BCUT2D eigenvalue weighted by Crippen LogP contribution is 2.31. The number of nitrogen functional groups attached to an aromatic ring is 1. The number of aromatic nitrogens is 1. The molecule has 1 aromatic carbocycles. The molecule has 0 saturated heterocycles. The highest BCUT2D eigenvalue weighted by Gasteiger charge is 2.29. The molecule has 0 spiro atoms. The minimum Gasteiger partial charge on any atom is -0.481 e. The van der Waals surface area contributed by atoms with Gasteiger partial charge in [0.15, 0.2) is 5.78 Å². The SMILES string of the molecule is CCC(NC(C)(C)CC(=O)O)c1ccc(Cl)c(C(=O)c2ccc(N)nc2)c1F. The van der Waals surface area contributed by atoms with E-state index in [1.165, 1.54) is 30.5 Å². The maximum Gasteiger partial charge on any atom is 0.305 e. The Balaban J connectivity index is 2.43. The first-order valence-corrected chi connectivity index (χ1v) is 9.17. The smallest absolute Gasteiger partial charge is 0.305 e. The number of ketones is 1. The largest absolute Gasteiger partial charge is 0.481 e. The number of aliphatic carboxylic acids is 1. The molecule has 150 valence electrons. The molecule has 1 heterocycles. The fourth-order valence-electron chi connectivity index (χ4n) is 3.03. The first-order chi connectivity index (χ1) is 13.1. The zero-order valence-corrected chi connectivity index (χ0v) is 16.7. The minimum absolute atomic E-state index is 0.0114. The second-order valence-electron chi connectivity index (χ2n) is 7.19. The van der Waals surface area contributed by atoms with Crippen LogP contribution in [0, 0.1) is 5.82 Å². The van der Waals surface area contributed by atoms with E-state index in [1.807, 2.05) is 6.92 Å². The van der Waals surface area contributed by atoms with Gasteiger partial charge in [-0.15, -0.1) is 0 Å². The van der Waals surface area contributed by atoms with Crippen LogP contribution in [0.4, 0.5) is 10.2 Å². The number of hydrogen-bond donors (Lipinski definition) is 3. The van der Waals surface area contributed by atoms with Crippen molar-refractivity contribution in [1.29, 1.82) is 0 Å². The highest BCUT2D eigenvalue weighted by atomic mass is 35.5. The van der Waals surface area contributed by atoms with Crippen molar-refractivity contribution >= 4 is 29.2 Å². The number of nitrogens with one attached hydrogen (secondary N) is 1. The fourth-order valence-corrected chi connectivity index (χ4v) is 3.26. The predicted octanol–water partition coefficient (Wildman–Crippen LogP) is 3.98. The van der Waals surface area contributed by atoms with Crippen LogP contribution in [0.3, 0.4) is 0 Å². The summed E-state index contributed by atoms with van der Waals surface area (Å²) in [5, 5.41) is 12.2. The number of carbonyl (C=O) groups is 2. The standard InChI is InChI=1S/C20H23ClFN3O3/c1-4-14(25-20(2,3)9-16(26)27)12-6-7-13(21)17(18(12)22)19(28)11-5-8-15(23)24-10-11/h5-8,10,14,25H,4,9H2,1-3H3,(H2,23,24)(H,26,27).